The molecule has 1 aliphatic rings. The van der Waals surface area contributed by atoms with E-state index in [0.29, 0.717) is 11.1 Å². The van der Waals surface area contributed by atoms with Crippen LogP contribution in [-0.4, -0.2) is 29.2 Å². The van der Waals surface area contributed by atoms with Crippen LogP contribution in [0, 0.1) is 0 Å². The Morgan fingerprint density at radius 3 is 2.47 bits per heavy atom. The SMILES string of the molecule is O=C(O)CNC1=CC(=O)c2ccccc2C1=O. The molecule has 0 saturated carbocycles. The summed E-state index contributed by atoms with van der Waals surface area (Å²) in [7, 11) is 0. The molecule has 2 N–H and O–H groups in total. The number of nitrogens with one attached hydrogen (secondary N) is 1. The Kier molecular flexibility index (Phi) is 2.74. The third kappa shape index (κ3) is 2.08. The second kappa shape index (κ2) is 4.21. The molecular formula is C12H9NO4. The van der Waals surface area contributed by atoms with E-state index < -0.39 is 12.5 Å². The Morgan fingerprint density at radius 1 is 1.18 bits per heavy atom. The van der Waals surface area contributed by atoms with Gasteiger partial charge in [-0.25, -0.2) is 0 Å². The molecule has 0 spiro atoms. The summed E-state index contributed by atoms with van der Waals surface area (Å²) in [5, 5.41) is 10.9. The number of fused-ring (bicyclic) bond motifs is 1. The molecule has 0 bridgehead atoms. The summed E-state index contributed by atoms with van der Waals surface area (Å²) in [6.07, 6.45) is 1.13. The number of hydrogen-bond donors (Lipinski definition) is 2. The summed E-state index contributed by atoms with van der Waals surface area (Å²) in [4.78, 5) is 34.0. The van der Waals surface area contributed by atoms with Gasteiger partial charge in [0.05, 0.1) is 5.70 Å². The van der Waals surface area contributed by atoms with Crippen molar-refractivity contribution in [3.63, 3.8) is 0 Å². The van der Waals surface area contributed by atoms with Gasteiger partial charge in [0, 0.05) is 17.2 Å². The second-order valence-electron chi connectivity index (χ2n) is 3.54. The summed E-state index contributed by atoms with van der Waals surface area (Å²) in [5.74, 6) is -1.75. The van der Waals surface area contributed by atoms with Crippen LogP contribution in [0.2, 0.25) is 0 Å². The Hall–Kier alpha value is -2.43. The smallest absolute Gasteiger partial charge is 0.322 e. The lowest BCUT2D eigenvalue weighted by molar-refractivity contribution is -0.135. The zero-order valence-electron chi connectivity index (χ0n) is 8.77. The first-order chi connectivity index (χ1) is 8.09. The summed E-state index contributed by atoms with van der Waals surface area (Å²) < 4.78 is 0. The fourth-order valence-electron chi connectivity index (χ4n) is 1.62. The van der Waals surface area contributed by atoms with Gasteiger partial charge in [-0.2, -0.15) is 0 Å². The van der Waals surface area contributed by atoms with Crippen molar-refractivity contribution in [2.75, 3.05) is 6.54 Å². The topological polar surface area (TPSA) is 83.5 Å². The van der Waals surface area contributed by atoms with E-state index in [1.807, 2.05) is 0 Å². The average molecular weight is 231 g/mol. The molecule has 5 heteroatoms. The number of carbonyl (C=O) groups is 3. The predicted octanol–water partition coefficient (Wildman–Crippen LogP) is 0.624. The summed E-state index contributed by atoms with van der Waals surface area (Å²) in [5.41, 5.74) is 0.669. The fraction of sp³-hybridized carbons (Fsp3) is 0.0833. The zero-order chi connectivity index (χ0) is 12.4. The lowest BCUT2D eigenvalue weighted by atomic mass is 9.93. The predicted molar refractivity (Wildman–Crippen MR) is 58.8 cm³/mol. The van der Waals surface area contributed by atoms with Crippen molar-refractivity contribution >= 4 is 17.5 Å². The molecule has 0 amide bonds. The highest BCUT2D eigenvalue weighted by molar-refractivity contribution is 6.24. The largest absolute Gasteiger partial charge is 0.480 e. The third-order valence-electron chi connectivity index (χ3n) is 2.39. The monoisotopic (exact) mass is 231 g/mol. The van der Waals surface area contributed by atoms with E-state index in [-0.39, 0.29) is 17.3 Å². The summed E-state index contributed by atoms with van der Waals surface area (Å²) in [6, 6.07) is 6.45. The van der Waals surface area contributed by atoms with E-state index in [1.54, 1.807) is 24.3 Å². The highest BCUT2D eigenvalue weighted by Gasteiger charge is 2.24. The van der Waals surface area contributed by atoms with Crippen LogP contribution < -0.4 is 5.32 Å². The molecule has 86 valence electrons. The number of hydrogen-bond acceptors (Lipinski definition) is 4. The fourth-order valence-corrected chi connectivity index (χ4v) is 1.62. The molecule has 5 nitrogen and oxygen atoms in total. The molecule has 0 aromatic heterocycles. The molecule has 2 rings (SSSR count). The average Bonchev–Trinajstić information content (AvgIpc) is 2.32. The van der Waals surface area contributed by atoms with E-state index in [9.17, 15) is 14.4 Å². The lowest BCUT2D eigenvalue weighted by Crippen LogP contribution is -2.30. The van der Waals surface area contributed by atoms with Gasteiger partial charge in [-0.3, -0.25) is 14.4 Å². The minimum Gasteiger partial charge on any atom is -0.480 e. The maximum Gasteiger partial charge on any atom is 0.322 e. The quantitative estimate of drug-likeness (QED) is 0.796. The van der Waals surface area contributed by atoms with Gasteiger partial charge in [-0.1, -0.05) is 24.3 Å². The van der Waals surface area contributed by atoms with Crippen molar-refractivity contribution in [1.29, 1.82) is 0 Å². The molecule has 0 aliphatic heterocycles. The number of benzene rings is 1. The van der Waals surface area contributed by atoms with Crippen LogP contribution in [-0.2, 0) is 4.79 Å². The van der Waals surface area contributed by atoms with Gasteiger partial charge in [0.2, 0.25) is 5.78 Å². The van der Waals surface area contributed by atoms with Gasteiger partial charge in [0.15, 0.2) is 5.78 Å². The van der Waals surface area contributed by atoms with Crippen molar-refractivity contribution in [3.8, 4) is 0 Å². The Bertz CT molecular complexity index is 545. The zero-order valence-corrected chi connectivity index (χ0v) is 8.77. The number of carbonyl (C=O) groups excluding carboxylic acids is 2. The van der Waals surface area contributed by atoms with Gasteiger partial charge in [-0.15, -0.1) is 0 Å². The third-order valence-corrected chi connectivity index (χ3v) is 2.39. The molecule has 1 aliphatic carbocycles. The van der Waals surface area contributed by atoms with Crippen LogP contribution in [0.25, 0.3) is 0 Å². The first-order valence-corrected chi connectivity index (χ1v) is 4.95. The van der Waals surface area contributed by atoms with Gasteiger partial charge in [-0.05, 0) is 0 Å². The lowest BCUT2D eigenvalue weighted by Gasteiger charge is -2.15. The van der Waals surface area contributed by atoms with Crippen LogP contribution in [0.1, 0.15) is 20.7 Å². The Labute approximate surface area is 96.8 Å². The van der Waals surface area contributed by atoms with E-state index in [2.05, 4.69) is 5.32 Å². The van der Waals surface area contributed by atoms with Gasteiger partial charge in [0.1, 0.15) is 6.54 Å². The van der Waals surface area contributed by atoms with Crippen LogP contribution in [0.15, 0.2) is 36.0 Å². The molecule has 0 unspecified atom stereocenters. The summed E-state index contributed by atoms with van der Waals surface area (Å²) in [6.45, 7) is -0.396. The van der Waals surface area contributed by atoms with Crippen molar-refractivity contribution in [3.05, 3.63) is 47.2 Å². The molecule has 0 heterocycles. The number of ketones is 2. The van der Waals surface area contributed by atoms with Crippen LogP contribution in [0.4, 0.5) is 0 Å². The maximum absolute atomic E-state index is 11.9. The number of carboxylic acid groups (broad SMARTS) is 1. The second-order valence-corrected chi connectivity index (χ2v) is 3.54. The van der Waals surface area contributed by atoms with Crippen LogP contribution in [0.5, 0.6) is 0 Å². The molecule has 0 radical (unpaired) electrons. The van der Waals surface area contributed by atoms with E-state index >= 15 is 0 Å². The van der Waals surface area contributed by atoms with Crippen LogP contribution >= 0.6 is 0 Å². The van der Waals surface area contributed by atoms with Gasteiger partial charge >= 0.3 is 5.97 Å². The number of Topliss-reactive ketones (excluding diaryl/α,β-unsaturated/α-hetero) is 1. The minimum absolute atomic E-state index is 0.0242. The molecule has 1 aromatic rings. The normalized spacial score (nSPS) is 14.0. The van der Waals surface area contributed by atoms with E-state index in [1.165, 1.54) is 0 Å². The van der Waals surface area contributed by atoms with Crippen molar-refractivity contribution < 1.29 is 19.5 Å². The minimum atomic E-state index is -1.09. The first kappa shape index (κ1) is 11.1. The van der Waals surface area contributed by atoms with E-state index in [0.717, 1.165) is 6.08 Å². The Morgan fingerprint density at radius 2 is 1.82 bits per heavy atom. The molecule has 1 aromatic carbocycles. The first-order valence-electron chi connectivity index (χ1n) is 4.95. The maximum atomic E-state index is 11.9. The van der Waals surface area contributed by atoms with Crippen molar-refractivity contribution in [1.82, 2.24) is 5.32 Å². The number of allylic oxidation sites excluding steroid dienone is 2. The summed E-state index contributed by atoms with van der Waals surface area (Å²) >= 11 is 0. The van der Waals surface area contributed by atoms with Gasteiger partial charge in [0.25, 0.3) is 0 Å². The molecular weight excluding hydrogens is 222 g/mol. The molecule has 0 atom stereocenters. The molecule has 17 heavy (non-hydrogen) atoms. The van der Waals surface area contributed by atoms with Gasteiger partial charge < -0.3 is 10.4 Å². The number of rotatable bonds is 3. The van der Waals surface area contributed by atoms with Crippen molar-refractivity contribution in [2.24, 2.45) is 0 Å². The Balaban J connectivity index is 2.32. The standard InChI is InChI=1S/C12H9NO4/c14-10-5-9(13-6-11(15)16)12(17)8-4-2-1-3-7(8)10/h1-5,13H,6H2,(H,15,16). The van der Waals surface area contributed by atoms with Crippen molar-refractivity contribution in [2.45, 2.75) is 0 Å². The highest BCUT2D eigenvalue weighted by Crippen LogP contribution is 2.19. The highest BCUT2D eigenvalue weighted by atomic mass is 16.4. The number of aliphatic carboxylic acids is 1. The molecule has 0 fully saturated rings. The number of carboxylic acids is 1. The van der Waals surface area contributed by atoms with E-state index in [4.69, 9.17) is 5.11 Å². The molecule has 0 saturated heterocycles. The van der Waals surface area contributed by atoms with Crippen LogP contribution in [0.3, 0.4) is 0 Å².